The summed E-state index contributed by atoms with van der Waals surface area (Å²) in [5.41, 5.74) is 3.40. The number of ether oxygens (including phenoxy) is 2. The Balaban J connectivity index is 1.44. The molecule has 134 valence electrons. The zero-order valence-corrected chi connectivity index (χ0v) is 15.5. The summed E-state index contributed by atoms with van der Waals surface area (Å²) >= 11 is 6.05. The van der Waals surface area contributed by atoms with Gasteiger partial charge in [0, 0.05) is 17.3 Å². The Kier molecular flexibility index (Phi) is 6.39. The summed E-state index contributed by atoms with van der Waals surface area (Å²) < 4.78 is 11.3. The zero-order chi connectivity index (χ0) is 18.2. The van der Waals surface area contributed by atoms with Crippen LogP contribution in [0.2, 0.25) is 5.02 Å². The Morgan fingerprint density at radius 1 is 0.808 bits per heavy atom. The van der Waals surface area contributed by atoms with Gasteiger partial charge in [0.15, 0.2) is 0 Å². The fourth-order valence-electron chi connectivity index (χ4n) is 2.52. The normalized spacial score (nSPS) is 10.4. The average Bonchev–Trinajstić information content (AvgIpc) is 2.68. The molecule has 3 aromatic rings. The summed E-state index contributed by atoms with van der Waals surface area (Å²) in [5, 5.41) is 4.15. The molecule has 0 saturated heterocycles. The lowest BCUT2D eigenvalue weighted by Gasteiger charge is -2.11. The van der Waals surface area contributed by atoms with Gasteiger partial charge in [-0.2, -0.15) is 0 Å². The highest BCUT2D eigenvalue weighted by Gasteiger charge is 2.01. The first-order chi connectivity index (χ1) is 12.7. The molecule has 0 fully saturated rings. The van der Waals surface area contributed by atoms with Crippen molar-refractivity contribution in [2.75, 3.05) is 18.5 Å². The van der Waals surface area contributed by atoms with Gasteiger partial charge in [-0.1, -0.05) is 48.0 Å². The number of hydrogen-bond acceptors (Lipinski definition) is 3. The second-order valence-electron chi connectivity index (χ2n) is 5.97. The van der Waals surface area contributed by atoms with Gasteiger partial charge in [-0.15, -0.1) is 0 Å². The molecule has 0 bridgehead atoms. The van der Waals surface area contributed by atoms with Crippen LogP contribution in [0.4, 0.5) is 5.69 Å². The van der Waals surface area contributed by atoms with Crippen molar-refractivity contribution in [3.63, 3.8) is 0 Å². The lowest BCUT2D eigenvalue weighted by atomic mass is 10.1. The molecule has 4 heteroatoms. The summed E-state index contributed by atoms with van der Waals surface area (Å²) in [6.45, 7) is 3.82. The first kappa shape index (κ1) is 18.2. The molecule has 0 aromatic heterocycles. The first-order valence-corrected chi connectivity index (χ1v) is 8.98. The van der Waals surface area contributed by atoms with E-state index in [-0.39, 0.29) is 0 Å². The summed E-state index contributed by atoms with van der Waals surface area (Å²) in [6, 6.07) is 23.7. The van der Waals surface area contributed by atoms with Crippen LogP contribution in [-0.2, 0) is 6.54 Å². The minimum atomic E-state index is 0.508. The van der Waals surface area contributed by atoms with Crippen LogP contribution in [0.1, 0.15) is 11.1 Å². The third-order valence-corrected chi connectivity index (χ3v) is 4.21. The monoisotopic (exact) mass is 367 g/mol. The Hall–Kier alpha value is -2.65. The van der Waals surface area contributed by atoms with E-state index in [2.05, 4.69) is 24.4 Å². The maximum absolute atomic E-state index is 6.05. The number of rotatable bonds is 8. The molecule has 0 unspecified atom stereocenters. The van der Waals surface area contributed by atoms with Gasteiger partial charge in [0.2, 0.25) is 0 Å². The molecule has 3 aromatic carbocycles. The summed E-state index contributed by atoms with van der Waals surface area (Å²) in [5.74, 6) is 1.69. The Morgan fingerprint density at radius 3 is 2.15 bits per heavy atom. The van der Waals surface area contributed by atoms with Gasteiger partial charge in [0.25, 0.3) is 0 Å². The topological polar surface area (TPSA) is 30.5 Å². The molecule has 3 rings (SSSR count). The van der Waals surface area contributed by atoms with E-state index in [1.165, 1.54) is 11.1 Å². The van der Waals surface area contributed by atoms with Crippen LogP contribution in [0.25, 0.3) is 0 Å². The summed E-state index contributed by atoms with van der Waals surface area (Å²) in [6.07, 6.45) is 0. The van der Waals surface area contributed by atoms with Crippen LogP contribution in [0, 0.1) is 6.92 Å². The van der Waals surface area contributed by atoms with E-state index in [4.69, 9.17) is 21.1 Å². The summed E-state index contributed by atoms with van der Waals surface area (Å²) in [4.78, 5) is 0. The first-order valence-electron chi connectivity index (χ1n) is 8.60. The van der Waals surface area contributed by atoms with Crippen molar-refractivity contribution >= 4 is 17.3 Å². The fourth-order valence-corrected chi connectivity index (χ4v) is 2.69. The predicted octanol–water partition coefficient (Wildman–Crippen LogP) is 5.72. The van der Waals surface area contributed by atoms with Crippen molar-refractivity contribution in [2.24, 2.45) is 0 Å². The number of aryl methyl sites for hydroxylation is 1. The number of anilines is 1. The second-order valence-corrected chi connectivity index (χ2v) is 6.40. The number of para-hydroxylation sites is 1. The van der Waals surface area contributed by atoms with Crippen molar-refractivity contribution in [1.29, 1.82) is 0 Å². The summed E-state index contributed by atoms with van der Waals surface area (Å²) in [7, 11) is 0. The third kappa shape index (κ3) is 5.43. The van der Waals surface area contributed by atoms with Crippen molar-refractivity contribution in [3.05, 3.63) is 88.9 Å². The van der Waals surface area contributed by atoms with E-state index in [0.717, 1.165) is 28.8 Å². The number of hydrogen-bond donors (Lipinski definition) is 1. The lowest BCUT2D eigenvalue weighted by Crippen LogP contribution is -2.09. The highest BCUT2D eigenvalue weighted by molar-refractivity contribution is 6.30. The fraction of sp³-hybridized carbons (Fsp3) is 0.182. The molecular formula is C22H22ClNO2. The van der Waals surface area contributed by atoms with Gasteiger partial charge in [-0.05, 0) is 54.4 Å². The van der Waals surface area contributed by atoms with Gasteiger partial charge >= 0.3 is 0 Å². The third-order valence-electron chi connectivity index (χ3n) is 3.97. The van der Waals surface area contributed by atoms with E-state index in [0.29, 0.717) is 13.2 Å². The molecule has 26 heavy (non-hydrogen) atoms. The molecule has 0 atom stereocenters. The molecule has 0 heterocycles. The van der Waals surface area contributed by atoms with Crippen molar-refractivity contribution in [3.8, 4) is 11.5 Å². The van der Waals surface area contributed by atoms with E-state index in [9.17, 15) is 0 Å². The van der Waals surface area contributed by atoms with Crippen LogP contribution in [-0.4, -0.2) is 13.2 Å². The van der Waals surface area contributed by atoms with E-state index in [1.807, 2.05) is 60.7 Å². The lowest BCUT2D eigenvalue weighted by molar-refractivity contribution is 0.217. The van der Waals surface area contributed by atoms with Crippen LogP contribution < -0.4 is 14.8 Å². The minimum Gasteiger partial charge on any atom is -0.490 e. The highest BCUT2D eigenvalue weighted by atomic mass is 35.5. The molecular weight excluding hydrogens is 346 g/mol. The molecule has 0 saturated carbocycles. The average molecular weight is 368 g/mol. The molecule has 0 aliphatic carbocycles. The van der Waals surface area contributed by atoms with Crippen LogP contribution in [0.3, 0.4) is 0 Å². The number of benzene rings is 3. The Labute approximate surface area is 159 Å². The number of nitrogens with one attached hydrogen (secondary N) is 1. The second kappa shape index (κ2) is 9.16. The van der Waals surface area contributed by atoms with Gasteiger partial charge in [-0.25, -0.2) is 0 Å². The van der Waals surface area contributed by atoms with Crippen molar-refractivity contribution in [2.45, 2.75) is 13.5 Å². The maximum Gasteiger partial charge on any atom is 0.122 e. The van der Waals surface area contributed by atoms with Crippen molar-refractivity contribution < 1.29 is 9.47 Å². The molecule has 0 radical (unpaired) electrons. The van der Waals surface area contributed by atoms with Gasteiger partial charge in [0.05, 0.1) is 0 Å². The van der Waals surface area contributed by atoms with E-state index >= 15 is 0 Å². The molecule has 0 aliphatic heterocycles. The molecule has 3 nitrogen and oxygen atoms in total. The largest absolute Gasteiger partial charge is 0.490 e. The number of halogens is 1. The quantitative estimate of drug-likeness (QED) is 0.516. The highest BCUT2D eigenvalue weighted by Crippen LogP contribution is 2.21. The molecule has 1 N–H and O–H groups in total. The SMILES string of the molecule is Cc1ccc(Cl)cc1NCc1ccc(OCCOc2ccccc2)cc1. The zero-order valence-electron chi connectivity index (χ0n) is 14.7. The van der Waals surface area contributed by atoms with Gasteiger partial charge in [-0.3, -0.25) is 0 Å². The maximum atomic E-state index is 6.05. The van der Waals surface area contributed by atoms with E-state index < -0.39 is 0 Å². The Bertz CT molecular complexity index is 819. The van der Waals surface area contributed by atoms with Gasteiger partial charge < -0.3 is 14.8 Å². The standard InChI is InChI=1S/C22H22ClNO2/c1-17-7-10-19(23)15-22(17)24-16-18-8-11-21(12-9-18)26-14-13-25-20-5-3-2-4-6-20/h2-12,15,24H,13-14,16H2,1H3. The van der Waals surface area contributed by atoms with Crippen LogP contribution in [0.5, 0.6) is 11.5 Å². The van der Waals surface area contributed by atoms with Crippen LogP contribution in [0.15, 0.2) is 72.8 Å². The van der Waals surface area contributed by atoms with Crippen LogP contribution >= 0.6 is 11.6 Å². The molecule has 0 aliphatic rings. The predicted molar refractivity (Wildman–Crippen MR) is 107 cm³/mol. The molecule has 0 spiro atoms. The smallest absolute Gasteiger partial charge is 0.122 e. The minimum absolute atomic E-state index is 0.508. The molecule has 0 amide bonds. The van der Waals surface area contributed by atoms with Crippen molar-refractivity contribution in [1.82, 2.24) is 0 Å². The van der Waals surface area contributed by atoms with Gasteiger partial charge in [0.1, 0.15) is 24.7 Å². The van der Waals surface area contributed by atoms with E-state index in [1.54, 1.807) is 0 Å². The Morgan fingerprint density at radius 2 is 1.46 bits per heavy atom.